The van der Waals surface area contributed by atoms with Crippen molar-refractivity contribution in [2.75, 3.05) is 26.4 Å². The molecule has 0 aromatic carbocycles. The molecule has 0 aromatic rings. The monoisotopic (exact) mass is 731 g/mol. The Bertz CT molecular complexity index is 877. The van der Waals surface area contributed by atoms with Crippen molar-refractivity contribution in [3.63, 3.8) is 0 Å². The van der Waals surface area contributed by atoms with E-state index >= 15 is 0 Å². The van der Waals surface area contributed by atoms with E-state index in [1.165, 1.54) is 96.3 Å². The first-order valence-electron chi connectivity index (χ1n) is 20.0. The van der Waals surface area contributed by atoms with Crippen molar-refractivity contribution in [3.05, 3.63) is 36.6 Å². The minimum absolute atomic E-state index is 0.0396. The first kappa shape index (κ1) is 48.5. The van der Waals surface area contributed by atoms with E-state index in [1.54, 1.807) is 6.26 Å². The summed E-state index contributed by atoms with van der Waals surface area (Å²) in [6.45, 7) is 2.84. The summed E-state index contributed by atoms with van der Waals surface area (Å²) in [6.07, 6.45) is 39.0. The molecule has 0 radical (unpaired) electrons. The Labute approximate surface area is 305 Å². The highest BCUT2D eigenvalue weighted by atomic mass is 31.2. The van der Waals surface area contributed by atoms with E-state index in [9.17, 15) is 19.4 Å². The van der Waals surface area contributed by atoms with Gasteiger partial charge in [0, 0.05) is 6.42 Å². The number of hydrogen-bond donors (Lipinski definition) is 3. The average Bonchev–Trinajstić information content (AvgIpc) is 3.10. The number of phosphoric acid groups is 1. The van der Waals surface area contributed by atoms with Gasteiger partial charge in [-0.3, -0.25) is 13.8 Å². The number of ether oxygens (including phenoxy) is 2. The van der Waals surface area contributed by atoms with Crippen LogP contribution in [-0.2, 0) is 27.9 Å². The van der Waals surface area contributed by atoms with Gasteiger partial charge in [0.05, 0.1) is 26.1 Å². The molecule has 0 aliphatic carbocycles. The topological polar surface area (TPSA) is 132 Å². The molecule has 0 aliphatic heterocycles. The first-order chi connectivity index (χ1) is 24.3. The molecule has 0 rings (SSSR count). The molecule has 0 heterocycles. The van der Waals surface area contributed by atoms with Gasteiger partial charge in [-0.1, -0.05) is 141 Å². The lowest BCUT2D eigenvalue weighted by Gasteiger charge is -2.20. The van der Waals surface area contributed by atoms with Crippen LogP contribution in [0, 0.1) is 0 Å². The van der Waals surface area contributed by atoms with Crippen LogP contribution in [0.15, 0.2) is 36.6 Å². The van der Waals surface area contributed by atoms with Gasteiger partial charge in [-0.2, -0.15) is 0 Å². The summed E-state index contributed by atoms with van der Waals surface area (Å²) >= 11 is 0. The molecule has 0 saturated carbocycles. The molecule has 10 heteroatoms. The second kappa shape index (κ2) is 37.3. The number of esters is 1. The summed E-state index contributed by atoms with van der Waals surface area (Å²) in [7, 11) is -4.53. The summed E-state index contributed by atoms with van der Waals surface area (Å²) in [5.41, 5.74) is 0. The van der Waals surface area contributed by atoms with E-state index in [4.69, 9.17) is 23.6 Å². The molecule has 294 valence electrons. The smallest absolute Gasteiger partial charge is 0.472 e. The van der Waals surface area contributed by atoms with E-state index in [-0.39, 0.29) is 13.0 Å². The average molecular weight is 731 g/mol. The van der Waals surface area contributed by atoms with Crippen molar-refractivity contribution < 1.29 is 43.0 Å². The summed E-state index contributed by atoms with van der Waals surface area (Å²) in [5.74, 6) is -0.419. The summed E-state index contributed by atoms with van der Waals surface area (Å²) in [4.78, 5) is 22.5. The maximum atomic E-state index is 12.5. The molecule has 0 aromatic heterocycles. The number of phosphoric ester groups is 1. The summed E-state index contributed by atoms with van der Waals surface area (Å²) in [6, 6.07) is 0. The van der Waals surface area contributed by atoms with Crippen molar-refractivity contribution >= 4 is 13.8 Å². The fourth-order valence-corrected chi connectivity index (χ4v) is 6.08. The van der Waals surface area contributed by atoms with Gasteiger partial charge >= 0.3 is 13.8 Å². The van der Waals surface area contributed by atoms with Gasteiger partial charge in [-0.25, -0.2) is 4.57 Å². The zero-order valence-electron chi connectivity index (χ0n) is 31.9. The largest absolute Gasteiger partial charge is 0.498 e. The molecule has 0 aliphatic rings. The number of hydrogen-bond acceptors (Lipinski definition) is 8. The van der Waals surface area contributed by atoms with Gasteiger partial charge in [-0.05, 0) is 57.4 Å². The minimum atomic E-state index is -4.53. The fraction of sp³-hybridized carbons (Fsp3) is 0.825. The number of unbranched alkanes of at least 4 members (excludes halogenated alkanes) is 20. The maximum absolute atomic E-state index is 12.5. The van der Waals surface area contributed by atoms with Gasteiger partial charge in [0.2, 0.25) is 0 Å². The van der Waals surface area contributed by atoms with Crippen LogP contribution in [0.3, 0.4) is 0 Å². The van der Waals surface area contributed by atoms with Crippen molar-refractivity contribution in [1.29, 1.82) is 0 Å². The Morgan fingerprint density at radius 2 is 1.08 bits per heavy atom. The van der Waals surface area contributed by atoms with E-state index in [0.29, 0.717) is 6.42 Å². The molecule has 0 bridgehead atoms. The molecule has 0 spiro atoms. The second-order valence-corrected chi connectivity index (χ2v) is 14.8. The molecule has 50 heavy (non-hydrogen) atoms. The normalized spacial score (nSPS) is 14.5. The Morgan fingerprint density at radius 1 is 0.620 bits per heavy atom. The van der Waals surface area contributed by atoms with E-state index in [1.807, 2.05) is 6.08 Å². The van der Waals surface area contributed by atoms with Crippen LogP contribution < -0.4 is 0 Å². The van der Waals surface area contributed by atoms with Crippen LogP contribution in [0.2, 0.25) is 0 Å². The highest BCUT2D eigenvalue weighted by Crippen LogP contribution is 2.43. The van der Waals surface area contributed by atoms with Gasteiger partial charge in [0.25, 0.3) is 0 Å². The highest BCUT2D eigenvalue weighted by molar-refractivity contribution is 7.47. The van der Waals surface area contributed by atoms with E-state index in [2.05, 4.69) is 38.2 Å². The number of aliphatic hydroxyl groups is 2. The number of allylic oxidation sites excluding steroid dienone is 5. The van der Waals surface area contributed by atoms with Crippen LogP contribution >= 0.6 is 7.82 Å². The lowest BCUT2D eigenvalue weighted by Crippen LogP contribution is -2.28. The molecule has 0 amide bonds. The van der Waals surface area contributed by atoms with E-state index < -0.39 is 45.8 Å². The number of aliphatic hydroxyl groups excluding tert-OH is 2. The fourth-order valence-electron chi connectivity index (χ4n) is 5.29. The number of carbonyl (C=O) groups is 1. The maximum Gasteiger partial charge on any atom is 0.472 e. The molecule has 0 saturated heterocycles. The zero-order chi connectivity index (χ0) is 36.8. The molecular weight excluding hydrogens is 655 g/mol. The zero-order valence-corrected chi connectivity index (χ0v) is 32.8. The molecule has 0 fully saturated rings. The van der Waals surface area contributed by atoms with Crippen molar-refractivity contribution in [2.24, 2.45) is 0 Å². The Hall–Kier alpha value is -1.48. The lowest BCUT2D eigenvalue weighted by atomic mass is 10.0. The Balaban J connectivity index is 4.30. The minimum Gasteiger partial charge on any atom is -0.498 e. The Morgan fingerprint density at radius 3 is 1.64 bits per heavy atom. The van der Waals surface area contributed by atoms with Gasteiger partial charge in [0.1, 0.15) is 12.7 Å². The summed E-state index contributed by atoms with van der Waals surface area (Å²) < 4.78 is 33.0. The van der Waals surface area contributed by atoms with Gasteiger partial charge in [0.15, 0.2) is 6.10 Å². The van der Waals surface area contributed by atoms with Crippen LogP contribution in [0.4, 0.5) is 0 Å². The third-order valence-electron chi connectivity index (χ3n) is 8.39. The Kier molecular flexibility index (Phi) is 36.2. The van der Waals surface area contributed by atoms with Gasteiger partial charge in [-0.15, -0.1) is 0 Å². The van der Waals surface area contributed by atoms with Crippen LogP contribution in [-0.4, -0.2) is 59.7 Å². The van der Waals surface area contributed by atoms with E-state index in [0.717, 1.165) is 51.4 Å². The standard InChI is InChI=1S/C40H75O9P/c1-3-5-7-9-11-13-15-17-19-20-22-24-26-28-30-32-40(43)49-39(37-48-50(44,45)47-35-38(42)34-41)36-46-33-31-29-27-25-23-21-18-16-14-12-10-8-6-4-2/h11,13,17,19,31,33,38-39,41-42H,3-10,12,14-16,18,20-30,32,34-37H2,1-2H3,(H,44,45)/b13-11-,19-17-,33-31-/t38-,39+/m0/s1. The quantitative estimate of drug-likeness (QED) is 0.0187. The van der Waals surface area contributed by atoms with Crippen LogP contribution in [0.1, 0.15) is 174 Å². The van der Waals surface area contributed by atoms with Crippen LogP contribution in [0.25, 0.3) is 0 Å². The van der Waals surface area contributed by atoms with Crippen molar-refractivity contribution in [2.45, 2.75) is 187 Å². The lowest BCUT2D eigenvalue weighted by molar-refractivity contribution is -0.153. The van der Waals surface area contributed by atoms with Gasteiger partial charge < -0.3 is 24.6 Å². The SMILES string of the molecule is CCCCC/C=C\C/C=C\CCCCCCCC(=O)O[C@H](CO/C=C\CCCCCCCCCCCCCC)COP(=O)(O)OC[C@@H](O)CO. The molecule has 9 nitrogen and oxygen atoms in total. The van der Waals surface area contributed by atoms with Crippen LogP contribution in [0.5, 0.6) is 0 Å². The third kappa shape index (κ3) is 36.3. The molecule has 3 atom stereocenters. The predicted octanol–water partition coefficient (Wildman–Crippen LogP) is 10.8. The summed E-state index contributed by atoms with van der Waals surface area (Å²) in [5, 5.41) is 18.3. The molecule has 1 unspecified atom stereocenters. The predicted molar refractivity (Wildman–Crippen MR) is 205 cm³/mol. The first-order valence-corrected chi connectivity index (χ1v) is 21.5. The highest BCUT2D eigenvalue weighted by Gasteiger charge is 2.26. The molecular formula is C40H75O9P. The molecule has 3 N–H and O–H groups in total. The number of carbonyl (C=O) groups excluding carboxylic acids is 1. The third-order valence-corrected chi connectivity index (χ3v) is 9.34. The van der Waals surface area contributed by atoms with Crippen molar-refractivity contribution in [3.8, 4) is 0 Å². The second-order valence-electron chi connectivity index (χ2n) is 13.4. The number of rotatable bonds is 38. The van der Waals surface area contributed by atoms with Crippen molar-refractivity contribution in [1.82, 2.24) is 0 Å².